The summed E-state index contributed by atoms with van der Waals surface area (Å²) in [5.41, 5.74) is 0.699. The Labute approximate surface area is 114 Å². The highest BCUT2D eigenvalue weighted by Gasteiger charge is 2.26. The first kappa shape index (κ1) is 13.9. The molecule has 1 aliphatic heterocycles. The van der Waals surface area contributed by atoms with E-state index >= 15 is 0 Å². The molecule has 1 aliphatic rings. The van der Waals surface area contributed by atoms with Gasteiger partial charge in [-0.2, -0.15) is 0 Å². The highest BCUT2D eigenvalue weighted by atomic mass is 16.5. The van der Waals surface area contributed by atoms with Crippen LogP contribution in [0.5, 0.6) is 5.75 Å². The first-order valence-corrected chi connectivity index (χ1v) is 6.77. The van der Waals surface area contributed by atoms with E-state index in [-0.39, 0.29) is 18.1 Å². The molecule has 1 amide bonds. The number of nitrogens with zero attached hydrogens (tertiary/aromatic N) is 1. The Morgan fingerprint density at radius 3 is 2.37 bits per heavy atom. The Kier molecular flexibility index (Phi) is 4.43. The summed E-state index contributed by atoms with van der Waals surface area (Å²) >= 11 is 0. The number of hydrogen-bond acceptors (Lipinski definition) is 3. The summed E-state index contributed by atoms with van der Waals surface area (Å²) in [7, 11) is 0. The van der Waals surface area contributed by atoms with E-state index in [1.807, 2.05) is 49.9 Å². The molecular weight excluding hydrogens is 242 g/mol. The van der Waals surface area contributed by atoms with Gasteiger partial charge in [0.05, 0.1) is 18.8 Å². The Balaban J connectivity index is 2.06. The van der Waals surface area contributed by atoms with Crippen LogP contribution in [0, 0.1) is 0 Å². The summed E-state index contributed by atoms with van der Waals surface area (Å²) in [5.74, 6) is 0.854. The summed E-state index contributed by atoms with van der Waals surface area (Å²) in [5, 5.41) is 0. The Morgan fingerprint density at radius 2 is 1.84 bits per heavy atom. The van der Waals surface area contributed by atoms with Crippen LogP contribution >= 0.6 is 0 Å². The average molecular weight is 263 g/mol. The Bertz CT molecular complexity index is 420. The van der Waals surface area contributed by atoms with Crippen molar-refractivity contribution in [2.24, 2.45) is 0 Å². The summed E-state index contributed by atoms with van der Waals surface area (Å²) < 4.78 is 11.0. The van der Waals surface area contributed by atoms with Gasteiger partial charge in [-0.3, -0.25) is 4.79 Å². The van der Waals surface area contributed by atoms with Crippen LogP contribution in [0.25, 0.3) is 0 Å². The normalized spacial score (nSPS) is 23.2. The highest BCUT2D eigenvalue weighted by molar-refractivity contribution is 5.94. The van der Waals surface area contributed by atoms with Gasteiger partial charge in [-0.05, 0) is 45.0 Å². The Morgan fingerprint density at radius 1 is 1.26 bits per heavy atom. The number of carbonyl (C=O) groups is 1. The van der Waals surface area contributed by atoms with Crippen molar-refractivity contribution in [2.75, 3.05) is 19.7 Å². The topological polar surface area (TPSA) is 38.8 Å². The van der Waals surface area contributed by atoms with Crippen LogP contribution in [-0.4, -0.2) is 42.7 Å². The van der Waals surface area contributed by atoms with Gasteiger partial charge in [0.2, 0.25) is 0 Å². The van der Waals surface area contributed by atoms with Gasteiger partial charge in [0, 0.05) is 18.7 Å². The standard InChI is InChI=1S/C15H21NO3/c1-4-18-14-7-5-13(6-8-14)15(17)16-9-11(2)19-12(3)10-16/h5-8,11-12H,4,9-10H2,1-3H3/t11-,12-/m1/s1. The molecule has 1 saturated heterocycles. The number of ether oxygens (including phenoxy) is 2. The summed E-state index contributed by atoms with van der Waals surface area (Å²) in [4.78, 5) is 14.2. The van der Waals surface area contributed by atoms with Crippen LogP contribution in [0.1, 0.15) is 31.1 Å². The quantitative estimate of drug-likeness (QED) is 0.840. The van der Waals surface area contributed by atoms with Crippen molar-refractivity contribution in [2.45, 2.75) is 33.0 Å². The molecule has 4 nitrogen and oxygen atoms in total. The van der Waals surface area contributed by atoms with Gasteiger partial charge in [0.25, 0.3) is 5.91 Å². The number of hydrogen-bond donors (Lipinski definition) is 0. The average Bonchev–Trinajstić information content (AvgIpc) is 2.38. The number of morpholine rings is 1. The second-order valence-electron chi connectivity index (χ2n) is 4.92. The van der Waals surface area contributed by atoms with Crippen molar-refractivity contribution in [3.05, 3.63) is 29.8 Å². The summed E-state index contributed by atoms with van der Waals surface area (Å²) in [6, 6.07) is 7.31. The maximum atomic E-state index is 12.4. The molecule has 2 atom stereocenters. The third kappa shape index (κ3) is 3.47. The van der Waals surface area contributed by atoms with Gasteiger partial charge < -0.3 is 14.4 Å². The molecule has 0 saturated carbocycles. The lowest BCUT2D eigenvalue weighted by molar-refractivity contribution is -0.0586. The minimum atomic E-state index is 0.0602. The first-order valence-electron chi connectivity index (χ1n) is 6.77. The van der Waals surface area contributed by atoms with Crippen molar-refractivity contribution in [3.63, 3.8) is 0 Å². The summed E-state index contributed by atoms with van der Waals surface area (Å²) in [6.45, 7) is 7.86. The predicted octanol–water partition coefficient (Wildman–Crippen LogP) is 2.33. The van der Waals surface area contributed by atoms with E-state index in [0.717, 1.165) is 5.75 Å². The van der Waals surface area contributed by atoms with E-state index in [2.05, 4.69) is 0 Å². The van der Waals surface area contributed by atoms with E-state index in [1.54, 1.807) is 0 Å². The maximum absolute atomic E-state index is 12.4. The first-order chi connectivity index (χ1) is 9.10. The Hall–Kier alpha value is -1.55. The van der Waals surface area contributed by atoms with Crippen LogP contribution < -0.4 is 4.74 Å². The smallest absolute Gasteiger partial charge is 0.254 e. The van der Waals surface area contributed by atoms with Gasteiger partial charge in [-0.25, -0.2) is 0 Å². The number of rotatable bonds is 3. The maximum Gasteiger partial charge on any atom is 0.254 e. The van der Waals surface area contributed by atoms with Gasteiger partial charge in [-0.15, -0.1) is 0 Å². The third-order valence-corrected chi connectivity index (χ3v) is 3.12. The van der Waals surface area contributed by atoms with Gasteiger partial charge in [0.1, 0.15) is 5.75 Å². The molecule has 1 heterocycles. The van der Waals surface area contributed by atoms with E-state index in [9.17, 15) is 4.79 Å². The minimum absolute atomic E-state index is 0.0602. The van der Waals surface area contributed by atoms with Crippen molar-refractivity contribution >= 4 is 5.91 Å². The van der Waals surface area contributed by atoms with Crippen molar-refractivity contribution in [3.8, 4) is 5.75 Å². The van der Waals surface area contributed by atoms with Crippen LogP contribution in [-0.2, 0) is 4.74 Å². The minimum Gasteiger partial charge on any atom is -0.494 e. The van der Waals surface area contributed by atoms with Gasteiger partial charge >= 0.3 is 0 Å². The number of amides is 1. The monoisotopic (exact) mass is 263 g/mol. The molecule has 2 rings (SSSR count). The second kappa shape index (κ2) is 6.06. The van der Waals surface area contributed by atoms with E-state index < -0.39 is 0 Å². The van der Waals surface area contributed by atoms with Crippen LogP contribution in [0.2, 0.25) is 0 Å². The SMILES string of the molecule is CCOc1ccc(C(=O)N2C[C@@H](C)O[C@H](C)C2)cc1. The zero-order valence-electron chi connectivity index (χ0n) is 11.8. The molecule has 0 aromatic heterocycles. The lowest BCUT2D eigenvalue weighted by Gasteiger charge is -2.35. The lowest BCUT2D eigenvalue weighted by Crippen LogP contribution is -2.48. The fourth-order valence-corrected chi connectivity index (χ4v) is 2.39. The fraction of sp³-hybridized carbons (Fsp3) is 0.533. The van der Waals surface area contributed by atoms with Gasteiger partial charge in [-0.1, -0.05) is 0 Å². The zero-order valence-corrected chi connectivity index (χ0v) is 11.8. The molecule has 4 heteroatoms. The van der Waals surface area contributed by atoms with Crippen molar-refractivity contribution in [1.29, 1.82) is 0 Å². The van der Waals surface area contributed by atoms with Crippen molar-refractivity contribution < 1.29 is 14.3 Å². The van der Waals surface area contributed by atoms with E-state index in [0.29, 0.717) is 25.3 Å². The largest absolute Gasteiger partial charge is 0.494 e. The predicted molar refractivity (Wildman–Crippen MR) is 73.5 cm³/mol. The fourth-order valence-electron chi connectivity index (χ4n) is 2.39. The number of carbonyl (C=O) groups excluding carboxylic acids is 1. The van der Waals surface area contributed by atoms with E-state index in [4.69, 9.17) is 9.47 Å². The summed E-state index contributed by atoms with van der Waals surface area (Å²) in [6.07, 6.45) is 0.186. The molecule has 0 radical (unpaired) electrons. The molecule has 0 spiro atoms. The number of benzene rings is 1. The molecular formula is C15H21NO3. The molecule has 1 fully saturated rings. The lowest BCUT2D eigenvalue weighted by atomic mass is 10.1. The molecule has 0 aliphatic carbocycles. The molecule has 1 aromatic rings. The molecule has 1 aromatic carbocycles. The van der Waals surface area contributed by atoms with E-state index in [1.165, 1.54) is 0 Å². The third-order valence-electron chi connectivity index (χ3n) is 3.12. The van der Waals surface area contributed by atoms with Gasteiger partial charge in [0.15, 0.2) is 0 Å². The van der Waals surface area contributed by atoms with Crippen LogP contribution in [0.3, 0.4) is 0 Å². The highest BCUT2D eigenvalue weighted by Crippen LogP contribution is 2.17. The van der Waals surface area contributed by atoms with Crippen molar-refractivity contribution in [1.82, 2.24) is 4.90 Å². The van der Waals surface area contributed by atoms with Crippen LogP contribution in [0.4, 0.5) is 0 Å². The molecule has 0 bridgehead atoms. The molecule has 104 valence electrons. The van der Waals surface area contributed by atoms with Crippen LogP contribution in [0.15, 0.2) is 24.3 Å². The zero-order chi connectivity index (χ0) is 13.8. The molecule has 0 unspecified atom stereocenters. The molecule has 19 heavy (non-hydrogen) atoms. The molecule has 0 N–H and O–H groups in total. The second-order valence-corrected chi connectivity index (χ2v) is 4.92.